The van der Waals surface area contributed by atoms with Gasteiger partial charge < -0.3 is 0 Å². The highest BCUT2D eigenvalue weighted by Crippen LogP contribution is 2.43. The highest BCUT2D eigenvalue weighted by Gasteiger charge is 2.25. The van der Waals surface area contributed by atoms with Crippen molar-refractivity contribution in [3.63, 3.8) is 0 Å². The number of nitrogens with zero attached hydrogens (tertiary/aromatic N) is 1. The Bertz CT molecular complexity index is 1350. The van der Waals surface area contributed by atoms with E-state index in [9.17, 15) is 0 Å². The fourth-order valence-electron chi connectivity index (χ4n) is 3.83. The third-order valence-electron chi connectivity index (χ3n) is 5.41. The molecular formula is C27H20NPS. The Kier molecular flexibility index (Phi) is 5.04. The van der Waals surface area contributed by atoms with Crippen LogP contribution in [0, 0.1) is 0 Å². The summed E-state index contributed by atoms with van der Waals surface area (Å²) in [5, 5.41) is 6.08. The van der Waals surface area contributed by atoms with E-state index in [1.165, 1.54) is 26.7 Å². The molecule has 30 heavy (non-hydrogen) atoms. The minimum absolute atomic E-state index is 0.975. The number of rotatable bonds is 4. The van der Waals surface area contributed by atoms with E-state index >= 15 is 0 Å². The van der Waals surface area contributed by atoms with Gasteiger partial charge in [0, 0.05) is 17.8 Å². The summed E-state index contributed by atoms with van der Waals surface area (Å²) in [7, 11) is 0. The third kappa shape index (κ3) is 3.39. The number of fused-ring (bicyclic) bond motifs is 1. The largest absolute Gasteiger partial charge is 0.256 e. The Morgan fingerprint density at radius 2 is 1.17 bits per heavy atom. The first-order valence-corrected chi connectivity index (χ1v) is 12.7. The van der Waals surface area contributed by atoms with Crippen LogP contribution in [0.4, 0.5) is 0 Å². The second-order valence-electron chi connectivity index (χ2n) is 7.24. The lowest BCUT2D eigenvalue weighted by molar-refractivity contribution is 1.33. The molecule has 1 heterocycles. The van der Waals surface area contributed by atoms with Crippen LogP contribution in [0.15, 0.2) is 121 Å². The molecule has 0 aliphatic heterocycles. The van der Waals surface area contributed by atoms with Crippen LogP contribution in [0.3, 0.4) is 0 Å². The van der Waals surface area contributed by atoms with Crippen molar-refractivity contribution in [2.75, 3.05) is 0 Å². The second kappa shape index (κ2) is 7.99. The van der Waals surface area contributed by atoms with E-state index in [-0.39, 0.29) is 0 Å². The van der Waals surface area contributed by atoms with Gasteiger partial charge in [-0.25, -0.2) is 0 Å². The molecule has 5 aromatic rings. The molecule has 0 spiro atoms. The zero-order valence-electron chi connectivity index (χ0n) is 16.3. The van der Waals surface area contributed by atoms with E-state index in [1.807, 2.05) is 30.5 Å². The molecule has 0 bridgehead atoms. The van der Waals surface area contributed by atoms with E-state index in [4.69, 9.17) is 11.8 Å². The standard InChI is InChI=1S/C27H20NPS/c30-29(24-10-2-1-3-11-24,26-18-13-21-8-4-5-9-23(21)20-26)25-16-14-22(15-17-25)27-12-6-7-19-28-27/h1-20H. The lowest BCUT2D eigenvalue weighted by Gasteiger charge is -2.24. The molecule has 1 aromatic heterocycles. The summed E-state index contributed by atoms with van der Waals surface area (Å²) in [4.78, 5) is 4.47. The molecule has 0 aliphatic rings. The van der Waals surface area contributed by atoms with Gasteiger partial charge in [-0.3, -0.25) is 4.98 Å². The number of benzene rings is 4. The number of aromatic nitrogens is 1. The van der Waals surface area contributed by atoms with Crippen molar-refractivity contribution in [1.29, 1.82) is 0 Å². The summed E-state index contributed by atoms with van der Waals surface area (Å²) in [6, 6.07) is 38.2. The zero-order valence-corrected chi connectivity index (χ0v) is 18.1. The quantitative estimate of drug-likeness (QED) is 0.348. The van der Waals surface area contributed by atoms with Crippen LogP contribution < -0.4 is 15.9 Å². The predicted octanol–water partition coefficient (Wildman–Crippen LogP) is 5.66. The summed E-state index contributed by atoms with van der Waals surface area (Å²) in [5.41, 5.74) is 2.08. The van der Waals surface area contributed by atoms with Crippen molar-refractivity contribution in [2.24, 2.45) is 0 Å². The van der Waals surface area contributed by atoms with E-state index in [1.54, 1.807) is 0 Å². The van der Waals surface area contributed by atoms with E-state index in [0.29, 0.717) is 0 Å². The normalized spacial score (nSPS) is 13.1. The van der Waals surface area contributed by atoms with Gasteiger partial charge in [-0.15, -0.1) is 0 Å². The minimum Gasteiger partial charge on any atom is -0.256 e. The molecular weight excluding hydrogens is 401 g/mol. The number of hydrogen-bond acceptors (Lipinski definition) is 2. The lowest BCUT2D eigenvalue weighted by Crippen LogP contribution is -2.24. The smallest absolute Gasteiger partial charge is 0.0701 e. The van der Waals surface area contributed by atoms with Crippen LogP contribution in [0.1, 0.15) is 0 Å². The molecule has 0 aliphatic carbocycles. The van der Waals surface area contributed by atoms with Gasteiger partial charge in [-0.05, 0) is 44.9 Å². The molecule has 1 nitrogen and oxygen atoms in total. The Labute approximate surface area is 182 Å². The van der Waals surface area contributed by atoms with Crippen molar-refractivity contribution in [1.82, 2.24) is 4.98 Å². The monoisotopic (exact) mass is 421 g/mol. The number of hydrogen-bond donors (Lipinski definition) is 0. The SMILES string of the molecule is S=P(c1ccccc1)(c1ccc(-c2ccccn2)cc1)c1ccc2ccccc2c1. The summed E-state index contributed by atoms with van der Waals surface area (Å²) >= 11 is 6.52. The van der Waals surface area contributed by atoms with Gasteiger partial charge in [0.05, 0.1) is 5.69 Å². The molecule has 0 radical (unpaired) electrons. The molecule has 0 amide bonds. The summed E-state index contributed by atoms with van der Waals surface area (Å²) in [5.74, 6) is 0. The van der Waals surface area contributed by atoms with Crippen LogP contribution in [0.2, 0.25) is 0 Å². The van der Waals surface area contributed by atoms with Crippen molar-refractivity contribution < 1.29 is 0 Å². The summed E-state index contributed by atoms with van der Waals surface area (Å²) in [6.45, 7) is 0. The molecule has 1 unspecified atom stereocenters. The van der Waals surface area contributed by atoms with E-state index < -0.39 is 6.04 Å². The van der Waals surface area contributed by atoms with Gasteiger partial charge in [0.15, 0.2) is 0 Å². The molecule has 0 N–H and O–H groups in total. The molecule has 144 valence electrons. The Morgan fingerprint density at radius 3 is 1.90 bits per heavy atom. The van der Waals surface area contributed by atoms with Gasteiger partial charge in [-0.2, -0.15) is 0 Å². The van der Waals surface area contributed by atoms with Crippen LogP contribution in [0.5, 0.6) is 0 Å². The second-order valence-corrected chi connectivity index (χ2v) is 11.6. The van der Waals surface area contributed by atoms with Crippen molar-refractivity contribution >= 4 is 44.5 Å². The fraction of sp³-hybridized carbons (Fsp3) is 0. The van der Waals surface area contributed by atoms with Gasteiger partial charge in [-0.1, -0.05) is 109 Å². The van der Waals surface area contributed by atoms with Gasteiger partial charge in [0.25, 0.3) is 0 Å². The van der Waals surface area contributed by atoms with Crippen LogP contribution in [0.25, 0.3) is 22.0 Å². The van der Waals surface area contributed by atoms with Crippen molar-refractivity contribution in [2.45, 2.75) is 0 Å². The van der Waals surface area contributed by atoms with Gasteiger partial charge in [0.2, 0.25) is 0 Å². The molecule has 1 atom stereocenters. The Balaban J connectivity index is 1.68. The Hall–Kier alpha value is -3.06. The van der Waals surface area contributed by atoms with Crippen molar-refractivity contribution in [3.05, 3.63) is 121 Å². The number of pyridine rings is 1. The fourth-order valence-corrected chi connectivity index (χ4v) is 7.57. The third-order valence-corrected chi connectivity index (χ3v) is 10.4. The molecule has 5 rings (SSSR count). The average Bonchev–Trinajstić information content (AvgIpc) is 2.84. The summed E-state index contributed by atoms with van der Waals surface area (Å²) < 4.78 is 0. The van der Waals surface area contributed by atoms with E-state index in [0.717, 1.165) is 11.3 Å². The topological polar surface area (TPSA) is 12.9 Å². The van der Waals surface area contributed by atoms with Crippen molar-refractivity contribution in [3.8, 4) is 11.3 Å². The average molecular weight is 422 g/mol. The molecule has 4 aromatic carbocycles. The maximum atomic E-state index is 6.52. The zero-order chi connectivity index (χ0) is 20.4. The first-order valence-electron chi connectivity index (χ1n) is 9.92. The van der Waals surface area contributed by atoms with Crippen LogP contribution in [-0.2, 0) is 11.8 Å². The first kappa shape index (κ1) is 18.9. The molecule has 0 saturated heterocycles. The van der Waals surface area contributed by atoms with Crippen LogP contribution in [-0.4, -0.2) is 4.98 Å². The maximum Gasteiger partial charge on any atom is 0.0701 e. The lowest BCUT2D eigenvalue weighted by atomic mass is 10.1. The van der Waals surface area contributed by atoms with E-state index in [2.05, 4.69) is 96.0 Å². The van der Waals surface area contributed by atoms with Crippen LogP contribution >= 0.6 is 6.04 Å². The highest BCUT2D eigenvalue weighted by molar-refractivity contribution is 8.25. The molecule has 0 fully saturated rings. The van der Waals surface area contributed by atoms with Gasteiger partial charge in [0.1, 0.15) is 0 Å². The Morgan fingerprint density at radius 1 is 0.533 bits per heavy atom. The van der Waals surface area contributed by atoms with Gasteiger partial charge >= 0.3 is 0 Å². The minimum atomic E-state index is -2.18. The first-order chi connectivity index (χ1) is 14.7. The highest BCUT2D eigenvalue weighted by atomic mass is 32.4. The molecule has 3 heteroatoms. The maximum absolute atomic E-state index is 6.52. The summed E-state index contributed by atoms with van der Waals surface area (Å²) in [6.07, 6.45) is 1.83. The molecule has 0 saturated carbocycles. The predicted molar refractivity (Wildman–Crippen MR) is 133 cm³/mol.